The molecule has 0 spiro atoms. The molecule has 0 saturated heterocycles. The third kappa shape index (κ3) is 2.26. The molecule has 3 nitrogen and oxygen atoms in total. The van der Waals surface area contributed by atoms with E-state index in [1.807, 2.05) is 30.3 Å². The van der Waals surface area contributed by atoms with Gasteiger partial charge < -0.3 is 5.73 Å². The van der Waals surface area contributed by atoms with Crippen LogP contribution >= 0.6 is 0 Å². The van der Waals surface area contributed by atoms with Crippen molar-refractivity contribution < 1.29 is 0 Å². The lowest BCUT2D eigenvalue weighted by Crippen LogP contribution is -2.27. The number of nitroso groups, excluding NO2 is 1. The second-order valence-electron chi connectivity index (χ2n) is 3.33. The highest BCUT2D eigenvalue weighted by Gasteiger charge is 2.20. The minimum atomic E-state index is -0.534. The van der Waals surface area contributed by atoms with E-state index in [0.717, 1.165) is 11.1 Å². The van der Waals surface area contributed by atoms with Crippen molar-refractivity contribution in [2.24, 2.45) is 10.9 Å². The Bertz CT molecular complexity index is 321. The monoisotopic (exact) mass is 190 g/mol. The standard InChI is InChI=1S/C11H14N2O/c1-8(2)10(12)11(13-14)9-6-4-3-5-7-9/h3-7,10-11H,1,12H2,2H3. The summed E-state index contributed by atoms with van der Waals surface area (Å²) in [6.45, 7) is 5.52. The molecule has 14 heavy (non-hydrogen) atoms. The van der Waals surface area contributed by atoms with Crippen molar-refractivity contribution in [3.63, 3.8) is 0 Å². The van der Waals surface area contributed by atoms with Crippen LogP contribution in [0.2, 0.25) is 0 Å². The fraction of sp³-hybridized carbons (Fsp3) is 0.273. The van der Waals surface area contributed by atoms with Gasteiger partial charge in [0.2, 0.25) is 0 Å². The van der Waals surface area contributed by atoms with E-state index in [1.165, 1.54) is 0 Å². The van der Waals surface area contributed by atoms with Gasteiger partial charge in [0.1, 0.15) is 6.04 Å². The Morgan fingerprint density at radius 3 is 2.43 bits per heavy atom. The van der Waals surface area contributed by atoms with Crippen molar-refractivity contribution in [1.82, 2.24) is 0 Å². The summed E-state index contributed by atoms with van der Waals surface area (Å²) in [5, 5.41) is 3.04. The Balaban J connectivity index is 2.93. The van der Waals surface area contributed by atoms with Crippen LogP contribution in [0.15, 0.2) is 47.7 Å². The maximum Gasteiger partial charge on any atom is 0.136 e. The molecule has 3 heteroatoms. The molecule has 0 aliphatic rings. The molecule has 0 aliphatic carbocycles. The summed E-state index contributed by atoms with van der Waals surface area (Å²) >= 11 is 0. The van der Waals surface area contributed by atoms with Crippen LogP contribution in [0.25, 0.3) is 0 Å². The molecule has 1 aromatic carbocycles. The summed E-state index contributed by atoms with van der Waals surface area (Å²) in [6.07, 6.45) is 0. The normalized spacial score (nSPS) is 14.4. The zero-order valence-corrected chi connectivity index (χ0v) is 8.18. The molecular formula is C11H14N2O. The Labute approximate surface area is 83.6 Å². The summed E-state index contributed by atoms with van der Waals surface area (Å²) in [4.78, 5) is 10.7. The topological polar surface area (TPSA) is 55.4 Å². The number of nitrogens with two attached hydrogens (primary N) is 1. The van der Waals surface area contributed by atoms with Gasteiger partial charge in [0.05, 0.1) is 6.04 Å². The third-order valence-electron chi connectivity index (χ3n) is 2.16. The van der Waals surface area contributed by atoms with Gasteiger partial charge in [0, 0.05) is 0 Å². The number of hydrogen-bond donors (Lipinski definition) is 1. The highest BCUT2D eigenvalue weighted by Crippen LogP contribution is 2.22. The number of rotatable bonds is 4. The SMILES string of the molecule is C=C(C)C(N)C(N=O)c1ccccc1. The van der Waals surface area contributed by atoms with Gasteiger partial charge in [-0.2, -0.15) is 4.91 Å². The second kappa shape index (κ2) is 4.67. The average molecular weight is 190 g/mol. The van der Waals surface area contributed by atoms with Crippen LogP contribution < -0.4 is 5.73 Å². The van der Waals surface area contributed by atoms with Crippen molar-refractivity contribution in [2.75, 3.05) is 0 Å². The van der Waals surface area contributed by atoms with E-state index in [9.17, 15) is 4.91 Å². The van der Waals surface area contributed by atoms with E-state index in [0.29, 0.717) is 0 Å². The van der Waals surface area contributed by atoms with E-state index >= 15 is 0 Å². The number of hydrogen-bond acceptors (Lipinski definition) is 3. The lowest BCUT2D eigenvalue weighted by Gasteiger charge is -2.17. The van der Waals surface area contributed by atoms with Crippen molar-refractivity contribution in [3.8, 4) is 0 Å². The van der Waals surface area contributed by atoms with Crippen molar-refractivity contribution >= 4 is 0 Å². The predicted molar refractivity (Wildman–Crippen MR) is 57.8 cm³/mol. The maximum atomic E-state index is 10.7. The van der Waals surface area contributed by atoms with Gasteiger partial charge in [0.15, 0.2) is 0 Å². The first-order valence-corrected chi connectivity index (χ1v) is 4.45. The third-order valence-corrected chi connectivity index (χ3v) is 2.16. The zero-order valence-electron chi connectivity index (χ0n) is 8.18. The van der Waals surface area contributed by atoms with Crippen LogP contribution in [0.5, 0.6) is 0 Å². The summed E-state index contributed by atoms with van der Waals surface area (Å²) in [6, 6.07) is 8.35. The van der Waals surface area contributed by atoms with Crippen LogP contribution in [0.1, 0.15) is 18.5 Å². The van der Waals surface area contributed by atoms with Crippen LogP contribution in [0, 0.1) is 4.91 Å². The summed E-state index contributed by atoms with van der Waals surface area (Å²) in [5.41, 5.74) is 7.40. The first-order valence-electron chi connectivity index (χ1n) is 4.45. The van der Waals surface area contributed by atoms with Gasteiger partial charge >= 0.3 is 0 Å². The van der Waals surface area contributed by atoms with Gasteiger partial charge in [-0.3, -0.25) is 0 Å². The molecule has 74 valence electrons. The highest BCUT2D eigenvalue weighted by molar-refractivity contribution is 5.24. The number of nitrogens with zero attached hydrogens (tertiary/aromatic N) is 1. The molecule has 2 atom stereocenters. The lowest BCUT2D eigenvalue weighted by atomic mass is 9.96. The quantitative estimate of drug-likeness (QED) is 0.585. The van der Waals surface area contributed by atoms with Crippen LogP contribution in [0.4, 0.5) is 0 Å². The van der Waals surface area contributed by atoms with Gasteiger partial charge in [-0.1, -0.05) is 47.7 Å². The van der Waals surface area contributed by atoms with Crippen LogP contribution in [-0.4, -0.2) is 6.04 Å². The van der Waals surface area contributed by atoms with E-state index in [4.69, 9.17) is 5.73 Å². The van der Waals surface area contributed by atoms with Crippen LogP contribution in [-0.2, 0) is 0 Å². The van der Waals surface area contributed by atoms with Crippen molar-refractivity contribution in [2.45, 2.75) is 19.0 Å². The van der Waals surface area contributed by atoms with Gasteiger partial charge in [-0.25, -0.2) is 0 Å². The smallest absolute Gasteiger partial charge is 0.136 e. The van der Waals surface area contributed by atoms with Gasteiger partial charge in [0.25, 0.3) is 0 Å². The molecule has 0 bridgehead atoms. The highest BCUT2D eigenvalue weighted by atomic mass is 16.3. The van der Waals surface area contributed by atoms with E-state index < -0.39 is 12.1 Å². The molecule has 0 aromatic heterocycles. The van der Waals surface area contributed by atoms with Crippen molar-refractivity contribution in [1.29, 1.82) is 0 Å². The summed E-state index contributed by atoms with van der Waals surface area (Å²) in [5.74, 6) is 0. The average Bonchev–Trinajstić information content (AvgIpc) is 2.20. The molecule has 0 heterocycles. The minimum absolute atomic E-state index is 0.408. The molecule has 0 saturated carbocycles. The Morgan fingerprint density at radius 1 is 1.43 bits per heavy atom. The zero-order chi connectivity index (χ0) is 10.6. The fourth-order valence-corrected chi connectivity index (χ4v) is 1.25. The molecule has 1 aromatic rings. The summed E-state index contributed by atoms with van der Waals surface area (Å²) in [7, 11) is 0. The number of benzene rings is 1. The Kier molecular flexibility index (Phi) is 3.54. The molecule has 2 unspecified atom stereocenters. The second-order valence-corrected chi connectivity index (χ2v) is 3.33. The largest absolute Gasteiger partial charge is 0.322 e. The van der Waals surface area contributed by atoms with E-state index in [1.54, 1.807) is 6.92 Å². The van der Waals surface area contributed by atoms with E-state index in [-0.39, 0.29) is 0 Å². The minimum Gasteiger partial charge on any atom is -0.322 e. The molecule has 1 rings (SSSR count). The summed E-state index contributed by atoms with van der Waals surface area (Å²) < 4.78 is 0. The molecule has 2 N–H and O–H groups in total. The Morgan fingerprint density at radius 2 is 2.00 bits per heavy atom. The van der Waals surface area contributed by atoms with Crippen LogP contribution in [0.3, 0.4) is 0 Å². The van der Waals surface area contributed by atoms with Crippen molar-refractivity contribution in [3.05, 3.63) is 53.0 Å². The predicted octanol–water partition coefficient (Wildman–Crippen LogP) is 2.40. The molecular weight excluding hydrogens is 176 g/mol. The fourth-order valence-electron chi connectivity index (χ4n) is 1.25. The Hall–Kier alpha value is -1.48. The first-order chi connectivity index (χ1) is 6.66. The lowest BCUT2D eigenvalue weighted by molar-refractivity contribution is 0.609. The van der Waals surface area contributed by atoms with Gasteiger partial charge in [-0.05, 0) is 12.5 Å². The molecule has 0 aliphatic heterocycles. The van der Waals surface area contributed by atoms with Gasteiger partial charge in [-0.15, -0.1) is 0 Å². The molecule has 0 radical (unpaired) electrons. The molecule has 0 amide bonds. The van der Waals surface area contributed by atoms with E-state index in [2.05, 4.69) is 11.8 Å². The molecule has 0 fully saturated rings. The first kappa shape index (κ1) is 10.6. The maximum absolute atomic E-state index is 10.7.